The van der Waals surface area contributed by atoms with Crippen molar-refractivity contribution in [3.8, 4) is 5.75 Å². The molecule has 0 radical (unpaired) electrons. The lowest BCUT2D eigenvalue weighted by Crippen LogP contribution is -2.63. The highest BCUT2D eigenvalue weighted by atomic mass is 28.3. The van der Waals surface area contributed by atoms with E-state index in [2.05, 4.69) is 52.8 Å². The van der Waals surface area contributed by atoms with Crippen molar-refractivity contribution >= 4 is 85.4 Å². The molecule has 0 spiro atoms. The number of hydrogen-bond donors (Lipinski definition) is 17. The highest BCUT2D eigenvalue weighted by molar-refractivity contribution is 6.76. The van der Waals surface area contributed by atoms with Crippen LogP contribution in [0.5, 0.6) is 5.75 Å². The van der Waals surface area contributed by atoms with E-state index in [1.54, 1.807) is 92.6 Å². The number of ether oxygens (including phenoxy) is 4. The smallest absolute Gasteiger partial charge is 0.408 e. The van der Waals surface area contributed by atoms with Crippen molar-refractivity contribution in [3.05, 3.63) is 65.7 Å². The Morgan fingerprint density at radius 3 is 1.69 bits per heavy atom. The van der Waals surface area contributed by atoms with E-state index in [1.165, 1.54) is 31.4 Å². The molecule has 0 aromatic heterocycles. The highest BCUT2D eigenvalue weighted by Crippen LogP contribution is 2.24. The number of aliphatic hydroxyl groups excluding tert-OH is 4. The zero-order valence-electron chi connectivity index (χ0n) is 59.4. The lowest BCUT2D eigenvalue weighted by Gasteiger charge is -2.31. The first kappa shape index (κ1) is 86.9. The third-order valence-electron chi connectivity index (χ3n) is 15.1. The summed E-state index contributed by atoms with van der Waals surface area (Å²) >= 11 is 0. The van der Waals surface area contributed by atoms with Gasteiger partial charge in [-0.15, -0.1) is 0 Å². The molecule has 35 heteroatoms. The fourth-order valence-corrected chi connectivity index (χ4v) is 10.0. The summed E-state index contributed by atoms with van der Waals surface area (Å²) in [5.41, 5.74) is 16.2. The van der Waals surface area contributed by atoms with Crippen LogP contribution >= 0.6 is 0 Å². The van der Waals surface area contributed by atoms with Crippen molar-refractivity contribution in [3.63, 3.8) is 0 Å². The number of carbonyl (C=O) groups excluding carboxylic acids is 12. The number of guanidine groups is 1. The van der Waals surface area contributed by atoms with Crippen molar-refractivity contribution in [2.24, 2.45) is 39.9 Å². The van der Waals surface area contributed by atoms with Gasteiger partial charge in [-0.1, -0.05) is 110 Å². The summed E-state index contributed by atoms with van der Waals surface area (Å²) in [4.78, 5) is 169. The molecule has 0 aliphatic rings. The van der Waals surface area contributed by atoms with E-state index in [-0.39, 0.29) is 62.9 Å². The van der Waals surface area contributed by atoms with E-state index < -0.39 is 183 Å². The minimum absolute atomic E-state index is 0.00980. The maximum Gasteiger partial charge on any atom is 0.408 e. The van der Waals surface area contributed by atoms with Gasteiger partial charge >= 0.3 is 18.2 Å². The fraction of sp³-hybridized carbons (Fsp3) is 0.615. The summed E-state index contributed by atoms with van der Waals surface area (Å²) in [6.45, 7) is 19.3. The minimum Gasteiger partial charge on any atom is -0.497 e. The average Bonchev–Trinajstić information content (AvgIpc) is 0.823. The fourth-order valence-electron chi connectivity index (χ4n) is 9.29. The molecule has 0 aliphatic heterocycles. The molecule has 2 aromatic carbocycles. The second-order valence-electron chi connectivity index (χ2n) is 26.9. The molecule has 0 saturated heterocycles. The molecule has 0 saturated carbocycles. The monoisotopic (exact) mass is 1430 g/mol. The van der Waals surface area contributed by atoms with Gasteiger partial charge in [0.1, 0.15) is 60.3 Å². The summed E-state index contributed by atoms with van der Waals surface area (Å²) in [6.07, 6.45) is -7.72. The maximum atomic E-state index is 14.4. The van der Waals surface area contributed by atoms with Crippen LogP contribution in [0.3, 0.4) is 0 Å². The summed E-state index contributed by atoms with van der Waals surface area (Å²) in [5, 5.41) is 67.2. The van der Waals surface area contributed by atoms with E-state index in [1.807, 2.05) is 25.0 Å². The van der Waals surface area contributed by atoms with Crippen molar-refractivity contribution in [1.29, 1.82) is 0 Å². The van der Waals surface area contributed by atoms with Crippen LogP contribution in [0.1, 0.15) is 112 Å². The van der Waals surface area contributed by atoms with Crippen molar-refractivity contribution in [2.75, 3.05) is 33.4 Å². The van der Waals surface area contributed by atoms with E-state index in [4.69, 9.17) is 36.1 Å². The first-order chi connectivity index (χ1) is 46.6. The van der Waals surface area contributed by atoms with Gasteiger partial charge in [0.05, 0.1) is 45.1 Å². The van der Waals surface area contributed by atoms with Gasteiger partial charge < -0.3 is 110 Å². The van der Waals surface area contributed by atoms with Crippen molar-refractivity contribution in [2.45, 2.75) is 206 Å². The predicted octanol–water partition coefficient (Wildman–Crippen LogP) is -1.67. The number of rotatable bonds is 41. The predicted molar refractivity (Wildman–Crippen MR) is 368 cm³/mol. The number of aliphatic imine (C=N–C) groups is 1. The zero-order chi connectivity index (χ0) is 75.9. The summed E-state index contributed by atoms with van der Waals surface area (Å²) in [5.74, 6) is -13.1. The standard InChI is InChI=1S/C65H106N14O20Si/c1-15-36(6)45(75-54(86)41(22-19-27-69-62(67)68)71-55(87)42(30-34(2)3)72-59(91)49(51(83)35(4)5)79-64(95)99-65(8,9)10)58(90)76-46(37(7)81)57(89)70-31-44(82)74-50(52(84)53(66)85)60(92)73-43(32-80)56(88)77-47(39-23-25-40(96-11)26-24-39)48(61(93)97-28-29-100(12,13)14)78-63(94)98-33-38-20-17-16-18-21-38/h16-18,20-21,23-26,34-37,41-43,45-52,80-81,83-84H,15,19,22,27-33H2,1-14H3,(H2,66,85)(H,70,89)(H,71,87)(H,72,91)(H,73,92)(H,74,82)(H,75,86)(H,76,90)(H,77,88)(H,78,94)(H,79,95)(H4,67,68,69)/t36-,37-,41+,42-,43-,45?,46-,47+,48-,49-,50-,51+,52-/m0/s1. The molecule has 100 heavy (non-hydrogen) atoms. The molecule has 13 atom stereocenters. The van der Waals surface area contributed by atoms with Crippen molar-refractivity contribution in [1.82, 2.24) is 53.2 Å². The summed E-state index contributed by atoms with van der Waals surface area (Å²) in [7, 11) is -0.418. The Morgan fingerprint density at radius 1 is 0.610 bits per heavy atom. The quantitative estimate of drug-likeness (QED) is 0.00884. The van der Waals surface area contributed by atoms with Crippen LogP contribution in [-0.2, 0) is 68.8 Å². The van der Waals surface area contributed by atoms with E-state index in [0.717, 1.165) is 6.92 Å². The number of esters is 1. The molecule has 2 rings (SSSR count). The molecular formula is C65H106N14O20Si. The Kier molecular flexibility index (Phi) is 36.5. The first-order valence-electron chi connectivity index (χ1n) is 32.8. The largest absolute Gasteiger partial charge is 0.497 e. The number of alkyl carbamates (subject to hydrolysis) is 2. The number of carbonyl (C=O) groups is 12. The van der Waals surface area contributed by atoms with Crippen LogP contribution < -0.4 is 75.1 Å². The number of benzene rings is 2. The third kappa shape index (κ3) is 31.3. The highest BCUT2D eigenvalue weighted by Gasteiger charge is 2.41. The molecule has 1 unspecified atom stereocenters. The van der Waals surface area contributed by atoms with E-state index in [9.17, 15) is 78.0 Å². The van der Waals surface area contributed by atoms with Crippen LogP contribution in [0.2, 0.25) is 25.7 Å². The molecule has 0 aliphatic carbocycles. The lowest BCUT2D eigenvalue weighted by atomic mass is 9.96. The Labute approximate surface area is 583 Å². The number of nitrogens with one attached hydrogen (secondary N) is 10. The minimum atomic E-state index is -2.54. The summed E-state index contributed by atoms with van der Waals surface area (Å²) in [6, 6.07) is -0.589. The second-order valence-corrected chi connectivity index (χ2v) is 32.6. The number of nitrogens with zero attached hydrogens (tertiary/aromatic N) is 1. The van der Waals surface area contributed by atoms with Gasteiger partial charge in [-0.05, 0) is 94.0 Å². The Balaban J connectivity index is 2.44. The number of primary amides is 1. The molecule has 0 bridgehead atoms. The Morgan fingerprint density at radius 2 is 1.16 bits per heavy atom. The zero-order valence-corrected chi connectivity index (χ0v) is 60.4. The molecule has 2 aromatic rings. The second kappa shape index (κ2) is 42.0. The van der Waals surface area contributed by atoms with Gasteiger partial charge in [0.2, 0.25) is 53.2 Å². The van der Waals surface area contributed by atoms with Crippen molar-refractivity contribution < 1.29 is 96.9 Å². The molecule has 34 nitrogen and oxygen atoms in total. The molecule has 560 valence electrons. The summed E-state index contributed by atoms with van der Waals surface area (Å²) < 4.78 is 21.7. The third-order valence-corrected chi connectivity index (χ3v) is 16.8. The normalized spacial score (nSPS) is 15.4. The van der Waals surface area contributed by atoms with E-state index >= 15 is 0 Å². The molecular weight excluding hydrogens is 1320 g/mol. The van der Waals surface area contributed by atoms with E-state index in [0.29, 0.717) is 17.4 Å². The SMILES string of the molecule is CC[C@H](C)C(NC(=O)[C@@H](CCCN=C(N)N)NC(=O)[C@H](CC(C)C)NC(=O)[C@@H](NC(=O)OC(C)(C)C)[C@H](O)C(C)C)C(=O)N[C@H](C(=O)NCC(=O)N[C@H](C(=O)N[C@@H](CO)C(=O)N[C@H](c1ccc(OC)cc1)[C@H](NC(=O)OCc1ccccc1)C(=O)OCC[Si](C)(C)C)[C@H](O)C(N)=O)[C@H](C)O. The van der Waals surface area contributed by atoms with Crippen LogP contribution in [0.4, 0.5) is 9.59 Å². The van der Waals surface area contributed by atoms with Gasteiger partial charge in [0, 0.05) is 14.6 Å². The number of hydrogen-bond acceptors (Lipinski definition) is 21. The van der Waals surface area contributed by atoms with Gasteiger partial charge in [-0.3, -0.25) is 48.1 Å². The Bertz CT molecular complexity index is 3070. The number of methoxy groups -OCH3 is 1. The molecule has 0 heterocycles. The topological polar surface area (TPSA) is 533 Å². The molecule has 11 amide bonds. The Hall–Kier alpha value is -9.19. The van der Waals surface area contributed by atoms with Crippen LogP contribution in [-0.4, -0.2) is 211 Å². The molecule has 0 fully saturated rings. The van der Waals surface area contributed by atoms with Crippen LogP contribution in [0.25, 0.3) is 0 Å². The van der Waals surface area contributed by atoms with Gasteiger partial charge in [0.25, 0.3) is 0 Å². The number of aliphatic hydroxyl groups is 4. The van der Waals surface area contributed by atoms with Gasteiger partial charge in [-0.25, -0.2) is 14.4 Å². The number of amides is 11. The lowest BCUT2D eigenvalue weighted by molar-refractivity contribution is -0.147. The average molecular weight is 1430 g/mol. The van der Waals surface area contributed by atoms with Crippen LogP contribution in [0.15, 0.2) is 59.6 Å². The van der Waals surface area contributed by atoms with Gasteiger partial charge in [0.15, 0.2) is 18.1 Å². The number of nitrogens with two attached hydrogens (primary N) is 3. The molecule has 20 N–H and O–H groups in total. The van der Waals surface area contributed by atoms with Gasteiger partial charge in [-0.2, -0.15) is 0 Å². The van der Waals surface area contributed by atoms with Crippen LogP contribution in [0, 0.1) is 17.8 Å². The maximum absolute atomic E-state index is 14.4. The first-order valence-corrected chi connectivity index (χ1v) is 36.5.